The van der Waals surface area contributed by atoms with Crippen molar-refractivity contribution >= 4 is 17.7 Å². The molecule has 1 saturated heterocycles. The summed E-state index contributed by atoms with van der Waals surface area (Å²) in [6.45, 7) is 1.52. The second kappa shape index (κ2) is 6.69. The van der Waals surface area contributed by atoms with Gasteiger partial charge in [-0.25, -0.2) is 0 Å². The number of aliphatic hydroxyl groups is 3. The quantitative estimate of drug-likeness (QED) is 0.489. The maximum absolute atomic E-state index is 10.7. The second-order valence-electron chi connectivity index (χ2n) is 4.06. The summed E-state index contributed by atoms with van der Waals surface area (Å²) in [5.41, 5.74) is 0. The smallest absolute Gasteiger partial charge is 0.316 e. The molecule has 0 aliphatic carbocycles. The first-order valence-electron chi connectivity index (χ1n) is 5.45. The number of ether oxygens (including phenoxy) is 2. The van der Waals surface area contributed by atoms with Gasteiger partial charge in [-0.2, -0.15) is 0 Å². The van der Waals surface area contributed by atoms with Crippen LogP contribution in [0.4, 0.5) is 0 Å². The van der Waals surface area contributed by atoms with Crippen LogP contribution in [0, 0.1) is 0 Å². The molecule has 18 heavy (non-hydrogen) atoms. The van der Waals surface area contributed by atoms with Crippen LogP contribution in [0.2, 0.25) is 0 Å². The van der Waals surface area contributed by atoms with Crippen molar-refractivity contribution in [3.8, 4) is 0 Å². The van der Waals surface area contributed by atoms with Gasteiger partial charge in [0.25, 0.3) is 0 Å². The Balaban J connectivity index is 2.56. The minimum atomic E-state index is -1.38. The Kier molecular flexibility index (Phi) is 5.83. The standard InChI is InChI=1S/C10H18O7S/c1-4(9(14)15)18-3-5-6(11)7(12)8(13)10(16-2)17-5/h4-8,10-13H,3H2,1-2H3,(H,14,15)/t4?,5-,6+,7+,8-,10-/m1/s1. The van der Waals surface area contributed by atoms with E-state index < -0.39 is 41.9 Å². The number of carbonyl (C=O) groups is 1. The lowest BCUT2D eigenvalue weighted by Crippen LogP contribution is -2.58. The highest BCUT2D eigenvalue weighted by atomic mass is 32.2. The van der Waals surface area contributed by atoms with Crippen LogP contribution in [0.3, 0.4) is 0 Å². The Hall–Kier alpha value is -0.380. The van der Waals surface area contributed by atoms with Crippen LogP contribution in [0.5, 0.6) is 0 Å². The number of aliphatic carboxylic acids is 1. The van der Waals surface area contributed by atoms with Crippen molar-refractivity contribution in [1.29, 1.82) is 0 Å². The van der Waals surface area contributed by atoms with Gasteiger partial charge in [0, 0.05) is 12.9 Å². The number of hydrogen-bond donors (Lipinski definition) is 4. The number of hydrogen-bond acceptors (Lipinski definition) is 7. The van der Waals surface area contributed by atoms with E-state index in [0.717, 1.165) is 11.8 Å². The van der Waals surface area contributed by atoms with Crippen LogP contribution in [0.15, 0.2) is 0 Å². The number of carboxylic acid groups (broad SMARTS) is 1. The highest BCUT2D eigenvalue weighted by Gasteiger charge is 2.43. The van der Waals surface area contributed by atoms with Crippen molar-refractivity contribution in [3.63, 3.8) is 0 Å². The van der Waals surface area contributed by atoms with Crippen LogP contribution in [0.25, 0.3) is 0 Å². The lowest BCUT2D eigenvalue weighted by molar-refractivity contribution is -0.284. The fraction of sp³-hybridized carbons (Fsp3) is 0.900. The largest absolute Gasteiger partial charge is 0.480 e. The SMILES string of the molecule is CO[C@@H]1O[C@H](CSC(C)C(=O)O)[C@H](O)[C@H](O)[C@H]1O. The minimum absolute atomic E-state index is 0.179. The first kappa shape index (κ1) is 15.7. The molecule has 1 aliphatic heterocycles. The van der Waals surface area contributed by atoms with Crippen LogP contribution < -0.4 is 0 Å². The van der Waals surface area contributed by atoms with Crippen LogP contribution >= 0.6 is 11.8 Å². The molecular formula is C10H18O7S. The molecule has 1 heterocycles. The zero-order valence-corrected chi connectivity index (χ0v) is 10.9. The molecule has 7 nitrogen and oxygen atoms in total. The van der Waals surface area contributed by atoms with Crippen LogP contribution in [-0.2, 0) is 14.3 Å². The molecule has 0 aromatic rings. The molecule has 0 saturated carbocycles. The van der Waals surface area contributed by atoms with E-state index >= 15 is 0 Å². The highest BCUT2D eigenvalue weighted by Crippen LogP contribution is 2.25. The van der Waals surface area contributed by atoms with Gasteiger partial charge in [0.1, 0.15) is 18.3 Å². The van der Waals surface area contributed by atoms with Crippen molar-refractivity contribution in [2.45, 2.75) is 42.9 Å². The Labute approximate surface area is 109 Å². The first-order valence-corrected chi connectivity index (χ1v) is 6.50. The fourth-order valence-electron chi connectivity index (χ4n) is 1.56. The van der Waals surface area contributed by atoms with Crippen molar-refractivity contribution in [3.05, 3.63) is 0 Å². The molecule has 106 valence electrons. The first-order chi connectivity index (χ1) is 8.38. The zero-order chi connectivity index (χ0) is 13.9. The number of aliphatic hydroxyl groups excluding tert-OH is 3. The average Bonchev–Trinajstić information content (AvgIpc) is 2.34. The summed E-state index contributed by atoms with van der Waals surface area (Å²) in [5, 5.41) is 36.9. The Morgan fingerprint density at radius 2 is 1.94 bits per heavy atom. The third kappa shape index (κ3) is 3.56. The third-order valence-corrected chi connectivity index (χ3v) is 3.98. The topological polar surface area (TPSA) is 116 Å². The Bertz CT molecular complexity index is 285. The van der Waals surface area contributed by atoms with Crippen molar-refractivity contribution in [2.75, 3.05) is 12.9 Å². The molecule has 4 N–H and O–H groups in total. The summed E-state index contributed by atoms with van der Waals surface area (Å²) in [6.07, 6.45) is -5.81. The third-order valence-electron chi connectivity index (χ3n) is 2.76. The highest BCUT2D eigenvalue weighted by molar-refractivity contribution is 8.00. The van der Waals surface area contributed by atoms with Gasteiger partial charge in [-0.15, -0.1) is 11.8 Å². The lowest BCUT2D eigenvalue weighted by atomic mass is 10.00. The molecule has 0 aromatic carbocycles. The van der Waals surface area contributed by atoms with Crippen molar-refractivity contribution in [2.24, 2.45) is 0 Å². The molecular weight excluding hydrogens is 264 g/mol. The molecule has 1 rings (SSSR count). The van der Waals surface area contributed by atoms with Gasteiger partial charge in [-0.05, 0) is 6.92 Å². The maximum Gasteiger partial charge on any atom is 0.316 e. The summed E-state index contributed by atoms with van der Waals surface area (Å²) in [4.78, 5) is 10.7. The van der Waals surface area contributed by atoms with E-state index in [2.05, 4.69) is 0 Å². The molecule has 0 spiro atoms. The molecule has 1 fully saturated rings. The second-order valence-corrected chi connectivity index (χ2v) is 5.44. The summed E-state index contributed by atoms with van der Waals surface area (Å²) >= 11 is 1.08. The number of carboxylic acids is 1. The molecule has 0 amide bonds. The van der Waals surface area contributed by atoms with E-state index in [-0.39, 0.29) is 5.75 Å². The predicted octanol–water partition coefficient (Wildman–Crippen LogP) is -1.35. The molecule has 1 aliphatic rings. The number of thioether (sulfide) groups is 1. The number of methoxy groups -OCH3 is 1. The summed E-state index contributed by atoms with van der Waals surface area (Å²) in [5.74, 6) is -0.785. The van der Waals surface area contributed by atoms with E-state index in [1.54, 1.807) is 0 Å². The number of rotatable bonds is 5. The monoisotopic (exact) mass is 282 g/mol. The van der Waals surface area contributed by atoms with E-state index in [0.29, 0.717) is 0 Å². The summed E-state index contributed by atoms with van der Waals surface area (Å²) in [6, 6.07) is 0. The van der Waals surface area contributed by atoms with Crippen molar-refractivity contribution < 1.29 is 34.7 Å². The van der Waals surface area contributed by atoms with Gasteiger partial charge in [0.2, 0.25) is 0 Å². The minimum Gasteiger partial charge on any atom is -0.480 e. The zero-order valence-electron chi connectivity index (χ0n) is 10.1. The molecule has 0 radical (unpaired) electrons. The Morgan fingerprint density at radius 1 is 1.33 bits per heavy atom. The molecule has 8 heteroatoms. The van der Waals surface area contributed by atoms with Crippen molar-refractivity contribution in [1.82, 2.24) is 0 Å². The molecule has 0 aromatic heterocycles. The van der Waals surface area contributed by atoms with E-state index in [1.807, 2.05) is 0 Å². The van der Waals surface area contributed by atoms with E-state index in [4.69, 9.17) is 14.6 Å². The lowest BCUT2D eigenvalue weighted by Gasteiger charge is -2.39. The van der Waals surface area contributed by atoms with E-state index in [9.17, 15) is 20.1 Å². The maximum atomic E-state index is 10.7. The van der Waals surface area contributed by atoms with Gasteiger partial charge in [0.05, 0.1) is 11.4 Å². The Morgan fingerprint density at radius 3 is 2.44 bits per heavy atom. The normalized spacial score (nSPS) is 38.4. The van der Waals surface area contributed by atoms with Gasteiger partial charge in [0.15, 0.2) is 6.29 Å². The van der Waals surface area contributed by atoms with Gasteiger partial charge < -0.3 is 29.9 Å². The fourth-order valence-corrected chi connectivity index (χ4v) is 2.46. The molecule has 1 unspecified atom stereocenters. The average molecular weight is 282 g/mol. The van der Waals surface area contributed by atoms with E-state index in [1.165, 1.54) is 14.0 Å². The predicted molar refractivity (Wildman–Crippen MR) is 63.2 cm³/mol. The summed E-state index contributed by atoms with van der Waals surface area (Å²) < 4.78 is 10.1. The van der Waals surface area contributed by atoms with Gasteiger partial charge in [-0.1, -0.05) is 0 Å². The molecule has 6 atom stereocenters. The van der Waals surface area contributed by atoms with Gasteiger partial charge in [-0.3, -0.25) is 4.79 Å². The molecule has 0 bridgehead atoms. The van der Waals surface area contributed by atoms with Crippen LogP contribution in [-0.4, -0.2) is 75.2 Å². The summed E-state index contributed by atoms with van der Waals surface area (Å²) in [7, 11) is 1.31. The van der Waals surface area contributed by atoms with Crippen LogP contribution in [0.1, 0.15) is 6.92 Å². The van der Waals surface area contributed by atoms with Gasteiger partial charge >= 0.3 is 5.97 Å².